The summed E-state index contributed by atoms with van der Waals surface area (Å²) < 4.78 is 1.16. The van der Waals surface area contributed by atoms with Crippen molar-refractivity contribution < 1.29 is 4.48 Å². The molecule has 0 saturated carbocycles. The van der Waals surface area contributed by atoms with Crippen molar-refractivity contribution in [3.8, 4) is 0 Å². The average Bonchev–Trinajstić information content (AvgIpc) is 2.01. The fourth-order valence-electron chi connectivity index (χ4n) is 2.09. The molecule has 1 aliphatic rings. The van der Waals surface area contributed by atoms with Crippen molar-refractivity contribution in [1.82, 2.24) is 4.90 Å². The zero-order valence-electron chi connectivity index (χ0n) is 9.88. The van der Waals surface area contributed by atoms with Crippen molar-refractivity contribution in [3.05, 3.63) is 0 Å². The first kappa shape index (κ1) is 11.0. The molecule has 1 heterocycles. The minimum atomic E-state index is 0.734. The minimum absolute atomic E-state index is 0.734. The Bertz CT molecular complexity index is 163. The van der Waals surface area contributed by atoms with E-state index in [1.807, 2.05) is 0 Å². The lowest BCUT2D eigenvalue weighted by atomic mass is 10.0. The minimum Gasteiger partial charge on any atom is -0.316 e. The highest BCUT2D eigenvalue weighted by molar-refractivity contribution is 4.70. The van der Waals surface area contributed by atoms with Crippen molar-refractivity contribution in [2.75, 3.05) is 33.9 Å². The number of rotatable bonds is 2. The molecule has 78 valence electrons. The molecule has 0 N–H and O–H groups in total. The van der Waals surface area contributed by atoms with Gasteiger partial charge in [-0.25, -0.2) is 0 Å². The molecule has 1 saturated heterocycles. The van der Waals surface area contributed by atoms with E-state index in [2.05, 4.69) is 39.8 Å². The van der Waals surface area contributed by atoms with Crippen LogP contribution in [0.5, 0.6) is 0 Å². The molecule has 2 nitrogen and oxygen atoms in total. The van der Waals surface area contributed by atoms with Crippen molar-refractivity contribution in [2.24, 2.45) is 5.92 Å². The summed E-state index contributed by atoms with van der Waals surface area (Å²) in [6.07, 6.45) is 1.35. The van der Waals surface area contributed by atoms with E-state index in [9.17, 15) is 0 Å². The van der Waals surface area contributed by atoms with Gasteiger partial charge in [0.15, 0.2) is 0 Å². The van der Waals surface area contributed by atoms with Gasteiger partial charge in [-0.3, -0.25) is 4.90 Å². The van der Waals surface area contributed by atoms with Gasteiger partial charge in [0.05, 0.1) is 20.6 Å². The van der Waals surface area contributed by atoms with Crippen LogP contribution in [0.3, 0.4) is 0 Å². The van der Waals surface area contributed by atoms with Crippen LogP contribution >= 0.6 is 0 Å². The smallest absolute Gasteiger partial charge is 0.134 e. The summed E-state index contributed by atoms with van der Waals surface area (Å²) in [4.78, 5) is 2.63. The van der Waals surface area contributed by atoms with Gasteiger partial charge in [-0.1, -0.05) is 13.8 Å². The van der Waals surface area contributed by atoms with E-state index in [4.69, 9.17) is 0 Å². The van der Waals surface area contributed by atoms with Crippen LogP contribution in [-0.2, 0) is 0 Å². The molecule has 0 aromatic heterocycles. The molecule has 2 heteroatoms. The molecule has 0 aliphatic carbocycles. The van der Waals surface area contributed by atoms with Gasteiger partial charge in [0.1, 0.15) is 6.67 Å². The zero-order valence-corrected chi connectivity index (χ0v) is 9.88. The van der Waals surface area contributed by atoms with Crippen LogP contribution < -0.4 is 0 Å². The van der Waals surface area contributed by atoms with E-state index in [1.54, 1.807) is 0 Å². The lowest BCUT2D eigenvalue weighted by Gasteiger charge is -2.43. The zero-order chi connectivity index (χ0) is 10.1. The summed E-state index contributed by atoms with van der Waals surface area (Å²) in [5.74, 6) is 0.776. The third-order valence-electron chi connectivity index (χ3n) is 3.31. The summed E-state index contributed by atoms with van der Waals surface area (Å²) in [6, 6.07) is 0.734. The van der Waals surface area contributed by atoms with E-state index in [0.717, 1.165) is 16.4 Å². The number of hydrogen-bond donors (Lipinski definition) is 0. The highest BCUT2D eigenvalue weighted by Gasteiger charge is 2.29. The Hall–Kier alpha value is -0.0800. The lowest BCUT2D eigenvalue weighted by molar-refractivity contribution is -0.906. The molecule has 1 fully saturated rings. The monoisotopic (exact) mass is 185 g/mol. The van der Waals surface area contributed by atoms with Crippen molar-refractivity contribution in [1.29, 1.82) is 0 Å². The predicted octanol–water partition coefficient (Wildman–Crippen LogP) is 1.77. The molecule has 0 aromatic carbocycles. The Balaban J connectivity index is 2.51. The fraction of sp³-hybridized carbons (Fsp3) is 1.00. The molecule has 0 radical (unpaired) electrons. The number of hydrogen-bond acceptors (Lipinski definition) is 1. The topological polar surface area (TPSA) is 3.24 Å². The van der Waals surface area contributed by atoms with Crippen molar-refractivity contribution >= 4 is 0 Å². The van der Waals surface area contributed by atoms with E-state index in [1.165, 1.54) is 26.2 Å². The summed E-state index contributed by atoms with van der Waals surface area (Å²) in [5.41, 5.74) is 0. The van der Waals surface area contributed by atoms with Crippen LogP contribution in [0, 0.1) is 5.92 Å². The number of nitrogens with zero attached hydrogens (tertiary/aromatic N) is 2. The quantitative estimate of drug-likeness (QED) is 0.593. The second-order valence-electron chi connectivity index (χ2n) is 5.45. The summed E-state index contributed by atoms with van der Waals surface area (Å²) in [5, 5.41) is 0. The molecule has 13 heavy (non-hydrogen) atoms. The second-order valence-corrected chi connectivity index (χ2v) is 5.45. The van der Waals surface area contributed by atoms with Gasteiger partial charge in [-0.05, 0) is 12.8 Å². The number of quaternary nitrogens is 1. The summed E-state index contributed by atoms with van der Waals surface area (Å²) >= 11 is 0. The third-order valence-corrected chi connectivity index (χ3v) is 3.31. The molecule has 1 rings (SSSR count). The molecule has 0 amide bonds. The largest absolute Gasteiger partial charge is 0.316 e. The van der Waals surface area contributed by atoms with Gasteiger partial charge >= 0.3 is 0 Å². The Labute approximate surface area is 83.1 Å². The van der Waals surface area contributed by atoms with Crippen molar-refractivity contribution in [2.45, 2.75) is 33.2 Å². The van der Waals surface area contributed by atoms with Gasteiger partial charge in [0.25, 0.3) is 0 Å². The molecule has 1 atom stereocenters. The molecule has 0 spiro atoms. The maximum absolute atomic E-state index is 2.63. The van der Waals surface area contributed by atoms with E-state index in [-0.39, 0.29) is 0 Å². The first-order valence-corrected chi connectivity index (χ1v) is 5.48. The first-order valence-electron chi connectivity index (χ1n) is 5.48. The summed E-state index contributed by atoms with van der Waals surface area (Å²) in [6.45, 7) is 10.8. The Morgan fingerprint density at radius 3 is 2.23 bits per heavy atom. The van der Waals surface area contributed by atoms with Gasteiger partial charge < -0.3 is 4.48 Å². The summed E-state index contributed by atoms with van der Waals surface area (Å²) in [7, 11) is 4.67. The van der Waals surface area contributed by atoms with Crippen LogP contribution in [-0.4, -0.2) is 49.3 Å². The van der Waals surface area contributed by atoms with Crippen LogP contribution in [0.25, 0.3) is 0 Å². The van der Waals surface area contributed by atoms with E-state index >= 15 is 0 Å². The normalized spacial score (nSPS) is 26.3. The van der Waals surface area contributed by atoms with Crippen LogP contribution in [0.15, 0.2) is 0 Å². The molecule has 0 aromatic rings. The van der Waals surface area contributed by atoms with Gasteiger partial charge in [0.2, 0.25) is 0 Å². The molecule has 1 unspecified atom stereocenters. The highest BCUT2D eigenvalue weighted by Crippen LogP contribution is 2.17. The van der Waals surface area contributed by atoms with Crippen LogP contribution in [0.4, 0.5) is 0 Å². The maximum atomic E-state index is 2.63. The van der Waals surface area contributed by atoms with Gasteiger partial charge in [-0.2, -0.15) is 0 Å². The molecule has 1 aliphatic heterocycles. The highest BCUT2D eigenvalue weighted by atomic mass is 15.4. The van der Waals surface area contributed by atoms with Crippen LogP contribution in [0.2, 0.25) is 0 Å². The molecule has 0 bridgehead atoms. The Kier molecular flexibility index (Phi) is 3.36. The first-order chi connectivity index (χ1) is 5.92. The van der Waals surface area contributed by atoms with E-state index in [0.29, 0.717) is 0 Å². The standard InChI is InChI=1S/C11H25N2/c1-10(2)11(3)12-7-6-8-13(4,5)9-12/h10-11H,6-9H2,1-5H3/q+1. The third kappa shape index (κ3) is 2.96. The van der Waals surface area contributed by atoms with E-state index < -0.39 is 0 Å². The van der Waals surface area contributed by atoms with Crippen molar-refractivity contribution in [3.63, 3.8) is 0 Å². The molecular formula is C11H25N2+. The van der Waals surface area contributed by atoms with Crippen LogP contribution in [0.1, 0.15) is 27.2 Å². The SMILES string of the molecule is CC(C)C(C)N1CCC[N+](C)(C)C1. The Morgan fingerprint density at radius 1 is 1.15 bits per heavy atom. The Morgan fingerprint density at radius 2 is 1.77 bits per heavy atom. The second kappa shape index (κ2) is 3.97. The lowest BCUT2D eigenvalue weighted by Crippen LogP contribution is -2.57. The fourth-order valence-corrected chi connectivity index (χ4v) is 2.09. The van der Waals surface area contributed by atoms with Gasteiger partial charge in [-0.15, -0.1) is 0 Å². The predicted molar refractivity (Wildman–Crippen MR) is 57.5 cm³/mol. The average molecular weight is 185 g/mol. The maximum Gasteiger partial charge on any atom is 0.134 e. The van der Waals surface area contributed by atoms with Gasteiger partial charge in [0, 0.05) is 19.0 Å². The molecular weight excluding hydrogens is 160 g/mol.